The van der Waals surface area contributed by atoms with Crippen LogP contribution in [0.1, 0.15) is 30.9 Å². The highest BCUT2D eigenvalue weighted by atomic mass is 16.5. The molecule has 2 aromatic carbocycles. The maximum atomic E-state index is 9.94. The highest BCUT2D eigenvalue weighted by Crippen LogP contribution is 2.25. The van der Waals surface area contributed by atoms with Gasteiger partial charge in [0, 0.05) is 6.07 Å². The van der Waals surface area contributed by atoms with Crippen LogP contribution >= 0.6 is 0 Å². The lowest BCUT2D eigenvalue weighted by molar-refractivity contribution is 0.304. The van der Waals surface area contributed by atoms with Gasteiger partial charge in [0.1, 0.15) is 18.1 Å². The molecule has 0 amide bonds. The van der Waals surface area contributed by atoms with Crippen LogP contribution in [-0.4, -0.2) is 5.11 Å². The predicted octanol–water partition coefficient (Wildman–Crippen LogP) is 4.31. The van der Waals surface area contributed by atoms with Crippen molar-refractivity contribution in [3.63, 3.8) is 0 Å². The lowest BCUT2D eigenvalue weighted by atomic mass is 10.1. The lowest BCUT2D eigenvalue weighted by Gasteiger charge is -2.09. The minimum Gasteiger partial charge on any atom is -0.508 e. The molecule has 2 heteroatoms. The maximum absolute atomic E-state index is 9.94. The topological polar surface area (TPSA) is 29.5 Å². The molecule has 0 radical (unpaired) electrons. The normalized spacial score (nSPS) is 10.4. The quantitative estimate of drug-likeness (QED) is 0.834. The summed E-state index contributed by atoms with van der Waals surface area (Å²) in [7, 11) is 0. The largest absolute Gasteiger partial charge is 0.508 e. The highest BCUT2D eigenvalue weighted by Gasteiger charge is 2.03. The zero-order chi connectivity index (χ0) is 13.5. The van der Waals surface area contributed by atoms with E-state index < -0.39 is 0 Å². The molecule has 2 aromatic rings. The van der Waals surface area contributed by atoms with Crippen molar-refractivity contribution in [3.8, 4) is 11.5 Å². The first-order valence-corrected chi connectivity index (χ1v) is 6.78. The van der Waals surface area contributed by atoms with Crippen molar-refractivity contribution in [2.45, 2.75) is 32.8 Å². The SMILES string of the molecule is CCCCc1ccc(OCc2ccccc2)cc1O. The monoisotopic (exact) mass is 256 g/mol. The Morgan fingerprint density at radius 3 is 2.53 bits per heavy atom. The van der Waals surface area contributed by atoms with Gasteiger partial charge >= 0.3 is 0 Å². The van der Waals surface area contributed by atoms with Crippen LogP contribution in [-0.2, 0) is 13.0 Å². The Morgan fingerprint density at radius 1 is 1.05 bits per heavy atom. The van der Waals surface area contributed by atoms with Gasteiger partial charge in [-0.1, -0.05) is 49.7 Å². The van der Waals surface area contributed by atoms with Crippen molar-refractivity contribution in [2.24, 2.45) is 0 Å². The predicted molar refractivity (Wildman–Crippen MR) is 77.5 cm³/mol. The molecule has 0 saturated carbocycles. The average molecular weight is 256 g/mol. The zero-order valence-electron chi connectivity index (χ0n) is 11.3. The van der Waals surface area contributed by atoms with Crippen molar-refractivity contribution in [3.05, 3.63) is 59.7 Å². The molecule has 0 spiro atoms. The van der Waals surface area contributed by atoms with E-state index in [0.717, 1.165) is 30.4 Å². The summed E-state index contributed by atoms with van der Waals surface area (Å²) in [6.45, 7) is 2.67. The van der Waals surface area contributed by atoms with Crippen LogP contribution in [0.2, 0.25) is 0 Å². The van der Waals surface area contributed by atoms with Crippen LogP contribution in [0.15, 0.2) is 48.5 Å². The number of benzene rings is 2. The average Bonchev–Trinajstić information content (AvgIpc) is 2.45. The maximum Gasteiger partial charge on any atom is 0.123 e. The fourth-order valence-corrected chi connectivity index (χ4v) is 1.95. The number of ether oxygens (including phenoxy) is 1. The summed E-state index contributed by atoms with van der Waals surface area (Å²) >= 11 is 0. The van der Waals surface area contributed by atoms with Gasteiger partial charge in [-0.25, -0.2) is 0 Å². The Kier molecular flexibility index (Phi) is 4.85. The molecule has 2 nitrogen and oxygen atoms in total. The molecular formula is C17H20O2. The summed E-state index contributed by atoms with van der Waals surface area (Å²) in [4.78, 5) is 0. The van der Waals surface area contributed by atoms with Crippen LogP contribution in [0.25, 0.3) is 0 Å². The second-order valence-corrected chi connectivity index (χ2v) is 4.67. The van der Waals surface area contributed by atoms with Gasteiger partial charge in [-0.2, -0.15) is 0 Å². The first-order chi connectivity index (χ1) is 9.29. The van der Waals surface area contributed by atoms with Gasteiger partial charge in [-0.3, -0.25) is 0 Å². The van der Waals surface area contributed by atoms with E-state index in [0.29, 0.717) is 18.1 Å². The van der Waals surface area contributed by atoms with Crippen molar-refractivity contribution < 1.29 is 9.84 Å². The Bertz CT molecular complexity index is 506. The number of hydrogen-bond donors (Lipinski definition) is 1. The Hall–Kier alpha value is -1.96. The van der Waals surface area contributed by atoms with Crippen molar-refractivity contribution >= 4 is 0 Å². The smallest absolute Gasteiger partial charge is 0.123 e. The first-order valence-electron chi connectivity index (χ1n) is 6.78. The summed E-state index contributed by atoms with van der Waals surface area (Å²) in [5.41, 5.74) is 2.12. The molecule has 19 heavy (non-hydrogen) atoms. The third-order valence-corrected chi connectivity index (χ3v) is 3.10. The molecule has 0 aliphatic heterocycles. The third kappa shape index (κ3) is 4.02. The molecule has 2 rings (SSSR count). The van der Waals surface area contributed by atoms with E-state index in [9.17, 15) is 5.11 Å². The summed E-state index contributed by atoms with van der Waals surface area (Å²) in [6, 6.07) is 15.6. The number of rotatable bonds is 6. The van der Waals surface area contributed by atoms with Gasteiger partial charge in [0.25, 0.3) is 0 Å². The van der Waals surface area contributed by atoms with Gasteiger partial charge in [0.05, 0.1) is 0 Å². The number of phenols is 1. The Morgan fingerprint density at radius 2 is 1.84 bits per heavy atom. The highest BCUT2D eigenvalue weighted by molar-refractivity contribution is 5.39. The molecule has 0 unspecified atom stereocenters. The molecule has 0 saturated heterocycles. The summed E-state index contributed by atoms with van der Waals surface area (Å²) in [6.07, 6.45) is 3.14. The molecule has 0 fully saturated rings. The van der Waals surface area contributed by atoms with E-state index in [-0.39, 0.29) is 0 Å². The summed E-state index contributed by atoms with van der Waals surface area (Å²) < 4.78 is 5.67. The Labute approximate surface area is 114 Å². The second kappa shape index (κ2) is 6.83. The summed E-state index contributed by atoms with van der Waals surface area (Å²) in [5.74, 6) is 1.04. The van der Waals surface area contributed by atoms with Crippen LogP contribution < -0.4 is 4.74 Å². The minimum atomic E-state index is 0.332. The molecule has 100 valence electrons. The van der Waals surface area contributed by atoms with E-state index in [1.54, 1.807) is 6.07 Å². The molecule has 0 aliphatic rings. The van der Waals surface area contributed by atoms with E-state index in [2.05, 4.69) is 6.92 Å². The lowest BCUT2D eigenvalue weighted by Crippen LogP contribution is -1.95. The summed E-state index contributed by atoms with van der Waals surface area (Å²) in [5, 5.41) is 9.94. The van der Waals surface area contributed by atoms with E-state index >= 15 is 0 Å². The fraction of sp³-hybridized carbons (Fsp3) is 0.294. The molecule has 0 heterocycles. The van der Waals surface area contributed by atoms with Crippen LogP contribution in [0, 0.1) is 0 Å². The van der Waals surface area contributed by atoms with Gasteiger partial charge in [-0.05, 0) is 30.0 Å². The number of unbranched alkanes of at least 4 members (excludes halogenated alkanes) is 1. The van der Waals surface area contributed by atoms with Gasteiger partial charge in [0.2, 0.25) is 0 Å². The van der Waals surface area contributed by atoms with Gasteiger partial charge < -0.3 is 9.84 Å². The molecule has 0 aromatic heterocycles. The second-order valence-electron chi connectivity index (χ2n) is 4.67. The van der Waals surface area contributed by atoms with Crippen molar-refractivity contribution in [1.82, 2.24) is 0 Å². The van der Waals surface area contributed by atoms with Crippen molar-refractivity contribution in [1.29, 1.82) is 0 Å². The van der Waals surface area contributed by atoms with E-state index in [1.807, 2.05) is 42.5 Å². The third-order valence-electron chi connectivity index (χ3n) is 3.10. The van der Waals surface area contributed by atoms with Crippen LogP contribution in [0.4, 0.5) is 0 Å². The van der Waals surface area contributed by atoms with E-state index in [4.69, 9.17) is 4.74 Å². The minimum absolute atomic E-state index is 0.332. The Balaban J connectivity index is 1.96. The molecule has 0 atom stereocenters. The zero-order valence-corrected chi connectivity index (χ0v) is 11.3. The molecule has 0 aliphatic carbocycles. The molecular weight excluding hydrogens is 236 g/mol. The van der Waals surface area contributed by atoms with Crippen molar-refractivity contribution in [2.75, 3.05) is 0 Å². The van der Waals surface area contributed by atoms with Gasteiger partial charge in [-0.15, -0.1) is 0 Å². The standard InChI is InChI=1S/C17H20O2/c1-2-3-9-15-10-11-16(12-17(15)18)19-13-14-7-5-4-6-8-14/h4-8,10-12,18H,2-3,9,13H2,1H3. The molecule has 1 N–H and O–H groups in total. The number of aryl methyl sites for hydroxylation is 1. The number of aromatic hydroxyl groups is 1. The number of hydrogen-bond acceptors (Lipinski definition) is 2. The van der Waals surface area contributed by atoms with Crippen LogP contribution in [0.3, 0.4) is 0 Å². The molecule has 0 bridgehead atoms. The van der Waals surface area contributed by atoms with Crippen LogP contribution in [0.5, 0.6) is 11.5 Å². The van der Waals surface area contributed by atoms with Gasteiger partial charge in [0.15, 0.2) is 0 Å². The van der Waals surface area contributed by atoms with E-state index in [1.165, 1.54) is 0 Å². The fourth-order valence-electron chi connectivity index (χ4n) is 1.95. The first kappa shape index (κ1) is 13.5. The number of phenolic OH excluding ortho intramolecular Hbond substituents is 1.